The lowest BCUT2D eigenvalue weighted by molar-refractivity contribution is -0.153. The summed E-state index contributed by atoms with van der Waals surface area (Å²) in [6, 6.07) is 7.05. The number of nitrogens with zero attached hydrogens (tertiary/aromatic N) is 3. The van der Waals surface area contributed by atoms with E-state index < -0.39 is 101 Å². The van der Waals surface area contributed by atoms with Gasteiger partial charge in [-0.2, -0.15) is 0 Å². The van der Waals surface area contributed by atoms with E-state index in [0.29, 0.717) is 11.3 Å². The van der Waals surface area contributed by atoms with Crippen LogP contribution in [0.1, 0.15) is 75.0 Å². The first-order valence-electron chi connectivity index (χ1n) is 19.0. The van der Waals surface area contributed by atoms with E-state index in [1.165, 1.54) is 25.1 Å². The molecular formula is C42H53N5O12. The highest BCUT2D eigenvalue weighted by Crippen LogP contribution is 2.54. The molecule has 0 heterocycles. The summed E-state index contributed by atoms with van der Waals surface area (Å²) in [4.78, 5) is 83.7. The number of anilines is 2. The van der Waals surface area contributed by atoms with Crippen LogP contribution in [0.5, 0.6) is 5.75 Å². The number of carbonyl (C=O) groups excluding carboxylic acids is 6. The number of ether oxygens (including phenoxy) is 2. The molecule has 0 aliphatic heterocycles. The zero-order chi connectivity index (χ0) is 44.3. The maximum Gasteiger partial charge on any atom is 0.413 e. The first kappa shape index (κ1) is 44.2. The van der Waals surface area contributed by atoms with Gasteiger partial charge in [-0.3, -0.25) is 29.0 Å². The van der Waals surface area contributed by atoms with E-state index in [-0.39, 0.29) is 40.6 Å². The van der Waals surface area contributed by atoms with Gasteiger partial charge < -0.3 is 45.9 Å². The number of nitrogens with one attached hydrogen (secondary N) is 1. The van der Waals surface area contributed by atoms with Gasteiger partial charge in [-0.25, -0.2) is 9.59 Å². The molecule has 3 aliphatic rings. The average molecular weight is 820 g/mol. The molecule has 17 heteroatoms. The number of phenols is 1. The van der Waals surface area contributed by atoms with Gasteiger partial charge in [0.1, 0.15) is 29.4 Å². The van der Waals surface area contributed by atoms with E-state index >= 15 is 0 Å². The highest BCUT2D eigenvalue weighted by atomic mass is 16.7. The number of Topliss-reactive ketones (excluding diaryl/α,β-unsaturated/α-hetero) is 2. The van der Waals surface area contributed by atoms with Crippen LogP contribution in [0.25, 0.3) is 5.76 Å². The van der Waals surface area contributed by atoms with E-state index in [1.54, 1.807) is 64.0 Å². The molecule has 0 aromatic heterocycles. The highest BCUT2D eigenvalue weighted by molar-refractivity contribution is 6.24. The number of aromatic hydroxyl groups is 1. The van der Waals surface area contributed by atoms with Crippen LogP contribution in [-0.2, 0) is 40.5 Å². The van der Waals surface area contributed by atoms with Crippen molar-refractivity contribution in [2.45, 2.75) is 77.0 Å². The number of rotatable bonds is 9. The number of amides is 3. The van der Waals surface area contributed by atoms with E-state index in [4.69, 9.17) is 15.2 Å². The Hall–Kier alpha value is -5.94. The molecule has 5 rings (SSSR count). The summed E-state index contributed by atoms with van der Waals surface area (Å²) >= 11 is 0. The van der Waals surface area contributed by atoms with Gasteiger partial charge >= 0.3 is 12.1 Å². The van der Waals surface area contributed by atoms with Crippen molar-refractivity contribution in [3.05, 3.63) is 69.5 Å². The van der Waals surface area contributed by atoms with Crippen molar-refractivity contribution in [1.82, 2.24) is 9.80 Å². The molecular weight excluding hydrogens is 766 g/mol. The van der Waals surface area contributed by atoms with Crippen molar-refractivity contribution in [1.29, 1.82) is 0 Å². The van der Waals surface area contributed by atoms with Crippen LogP contribution in [0, 0.1) is 11.8 Å². The first-order chi connectivity index (χ1) is 27.2. The molecule has 0 saturated heterocycles. The summed E-state index contributed by atoms with van der Waals surface area (Å²) in [5.41, 5.74) is 1.84. The Morgan fingerprint density at radius 1 is 0.949 bits per heavy atom. The summed E-state index contributed by atoms with van der Waals surface area (Å²) in [5, 5.41) is 49.1. The number of primary amides is 1. The van der Waals surface area contributed by atoms with Gasteiger partial charge in [0.25, 0.3) is 5.91 Å². The molecule has 3 amide bonds. The average Bonchev–Trinajstić information content (AvgIpc) is 3.11. The minimum atomic E-state index is -2.82. The number of hydrogen-bond acceptors (Lipinski definition) is 14. The van der Waals surface area contributed by atoms with Crippen LogP contribution >= 0.6 is 0 Å². The molecule has 1 fully saturated rings. The van der Waals surface area contributed by atoms with Crippen molar-refractivity contribution in [3.8, 4) is 5.75 Å². The van der Waals surface area contributed by atoms with Crippen LogP contribution in [0.15, 0.2) is 47.2 Å². The Morgan fingerprint density at radius 2 is 1.56 bits per heavy atom. The van der Waals surface area contributed by atoms with Crippen molar-refractivity contribution >= 4 is 52.6 Å². The Labute approximate surface area is 342 Å². The molecule has 2 aromatic rings. The van der Waals surface area contributed by atoms with Gasteiger partial charge in [-0.1, -0.05) is 32.9 Å². The zero-order valence-electron chi connectivity index (χ0n) is 34.9. The van der Waals surface area contributed by atoms with E-state index in [1.807, 2.05) is 20.8 Å². The molecule has 17 nitrogen and oxygen atoms in total. The minimum absolute atomic E-state index is 0.0281. The van der Waals surface area contributed by atoms with Crippen molar-refractivity contribution in [2.75, 3.05) is 51.7 Å². The molecule has 0 spiro atoms. The van der Waals surface area contributed by atoms with Gasteiger partial charge in [-0.15, -0.1) is 0 Å². The molecule has 59 heavy (non-hydrogen) atoms. The molecule has 318 valence electrons. The largest absolute Gasteiger partial charge is 0.508 e. The first-order valence-corrected chi connectivity index (χ1v) is 19.0. The van der Waals surface area contributed by atoms with Crippen LogP contribution in [0.3, 0.4) is 0 Å². The van der Waals surface area contributed by atoms with E-state index in [2.05, 4.69) is 5.32 Å². The SMILES string of the molecule is CN(C)c1cc(NC(=O)CN(C(=O)OCOC(=O)c2ccc(C(C)(C)C)cc2)C(C)(C)C)c(O)c2c1C[C@H]1C[C@H]3[C@H](N(C)C)C(=O)C(C(N)=O)=C(O)[C@@]3(O)C(=O)C1=C2O. The smallest absolute Gasteiger partial charge is 0.413 e. The maximum atomic E-state index is 14.3. The third kappa shape index (κ3) is 7.96. The molecule has 0 bridgehead atoms. The summed E-state index contributed by atoms with van der Waals surface area (Å²) < 4.78 is 10.4. The van der Waals surface area contributed by atoms with Gasteiger partial charge in [0.2, 0.25) is 18.5 Å². The molecule has 4 atom stereocenters. The molecule has 0 radical (unpaired) electrons. The topological polar surface area (TPSA) is 250 Å². The van der Waals surface area contributed by atoms with E-state index in [0.717, 1.165) is 10.5 Å². The maximum absolute atomic E-state index is 14.3. The Kier molecular flexibility index (Phi) is 11.7. The van der Waals surface area contributed by atoms with Crippen molar-refractivity contribution in [3.63, 3.8) is 0 Å². The standard InChI is InChI=1S/C42H53N5O12/c1-40(2,3)22-13-11-20(12-14-22)38(55)58-19-59-39(56)47(41(4,5)6)18-27(48)44-25-17-26(45(7)8)23-15-21-16-24-31(46(9)10)34(51)30(37(43)54)36(53)42(24,57)35(52)28(21)33(50)29(23)32(25)49/h11-14,17,21,24,31,49-50,53,57H,15-16,18-19H2,1-10H3,(H2,43,54)(H,44,48)/t21-,24-,31-,42-/m0/s1. The predicted molar refractivity (Wildman–Crippen MR) is 216 cm³/mol. The second-order valence-electron chi connectivity index (χ2n) is 17.6. The Balaban J connectivity index is 1.41. The van der Waals surface area contributed by atoms with Crippen molar-refractivity contribution in [2.24, 2.45) is 17.6 Å². The van der Waals surface area contributed by atoms with E-state index in [9.17, 15) is 49.2 Å². The number of benzene rings is 2. The molecule has 1 saturated carbocycles. The second-order valence-corrected chi connectivity index (χ2v) is 17.6. The number of likely N-dealkylation sites (N-methyl/N-ethyl adjacent to an activating group) is 1. The summed E-state index contributed by atoms with van der Waals surface area (Å²) in [6.07, 6.45) is -1.05. The normalized spacial score (nSPS) is 21.7. The fourth-order valence-corrected chi connectivity index (χ4v) is 8.10. The molecule has 3 aliphatic carbocycles. The van der Waals surface area contributed by atoms with Gasteiger partial charge in [0.05, 0.1) is 22.9 Å². The predicted octanol–water partition coefficient (Wildman–Crippen LogP) is 3.32. The number of aliphatic hydroxyl groups excluding tert-OH is 2. The van der Waals surface area contributed by atoms with Crippen LogP contribution in [-0.4, -0.2) is 124 Å². The minimum Gasteiger partial charge on any atom is -0.508 e. The monoisotopic (exact) mass is 819 g/mol. The lowest BCUT2D eigenvalue weighted by Gasteiger charge is -2.50. The number of aliphatic hydroxyl groups is 3. The number of hydrogen-bond donors (Lipinski definition) is 6. The summed E-state index contributed by atoms with van der Waals surface area (Å²) in [6.45, 7) is 9.71. The third-order valence-corrected chi connectivity index (χ3v) is 11.1. The second kappa shape index (κ2) is 15.7. The Morgan fingerprint density at radius 3 is 2.08 bits per heavy atom. The van der Waals surface area contributed by atoms with Gasteiger partial charge in [-0.05, 0) is 88.4 Å². The zero-order valence-corrected chi connectivity index (χ0v) is 34.9. The van der Waals surface area contributed by atoms with Crippen molar-refractivity contribution < 1.29 is 58.7 Å². The fourth-order valence-electron chi connectivity index (χ4n) is 8.10. The van der Waals surface area contributed by atoms with Crippen LogP contribution in [0.2, 0.25) is 0 Å². The molecule has 2 aromatic carbocycles. The van der Waals surface area contributed by atoms with Gasteiger partial charge in [0.15, 0.2) is 11.4 Å². The fraction of sp³-hybridized carbons (Fsp3) is 0.476. The number of carbonyl (C=O) groups is 6. The molecule has 7 N–H and O–H groups in total. The quantitative estimate of drug-likeness (QED) is 0.0920. The lowest BCUT2D eigenvalue weighted by atomic mass is 9.57. The number of ketones is 2. The van der Waals surface area contributed by atoms with Crippen LogP contribution in [0.4, 0.5) is 16.2 Å². The van der Waals surface area contributed by atoms with Gasteiger partial charge in [0, 0.05) is 36.8 Å². The Bertz CT molecular complexity index is 2180. The third-order valence-electron chi connectivity index (χ3n) is 11.1. The lowest BCUT2D eigenvalue weighted by Crippen LogP contribution is -2.65. The van der Waals surface area contributed by atoms with Crippen LogP contribution < -0.4 is 16.0 Å². The number of fused-ring (bicyclic) bond motifs is 3. The summed E-state index contributed by atoms with van der Waals surface area (Å²) in [5.74, 6) is -9.54. The summed E-state index contributed by atoms with van der Waals surface area (Å²) in [7, 11) is 6.39. The highest BCUT2D eigenvalue weighted by Gasteiger charge is 2.64. The number of esters is 1. The molecule has 0 unspecified atom stereocenters. The number of phenolic OH excluding ortho intramolecular Hbond substituents is 1. The number of nitrogens with two attached hydrogens (primary N) is 1.